The van der Waals surface area contributed by atoms with Crippen LogP contribution in [-0.2, 0) is 22.6 Å². The quantitative estimate of drug-likeness (QED) is 0.901. The van der Waals surface area contributed by atoms with E-state index in [4.69, 9.17) is 9.47 Å². The van der Waals surface area contributed by atoms with E-state index in [1.807, 2.05) is 24.3 Å². The lowest BCUT2D eigenvalue weighted by molar-refractivity contribution is -0.152. The summed E-state index contributed by atoms with van der Waals surface area (Å²) in [5.74, 6) is -0.244. The van der Waals surface area contributed by atoms with E-state index in [1.54, 1.807) is 31.4 Å². The number of benzene rings is 2. The molecule has 2 aromatic carbocycles. The molecule has 1 heterocycles. The molecule has 1 N–H and O–H groups in total. The van der Waals surface area contributed by atoms with E-state index in [9.17, 15) is 14.7 Å². The predicted octanol–water partition coefficient (Wildman–Crippen LogP) is 2.11. The highest BCUT2D eigenvalue weighted by Crippen LogP contribution is 2.24. The molecule has 1 aliphatic heterocycles. The molecular weight excluding hydrogens is 322 g/mol. The fourth-order valence-electron chi connectivity index (χ4n) is 2.92. The molecule has 0 aliphatic carbocycles. The molecule has 1 atom stereocenters. The van der Waals surface area contributed by atoms with Gasteiger partial charge in [-0.3, -0.25) is 4.79 Å². The Hall–Kier alpha value is -3.02. The summed E-state index contributed by atoms with van der Waals surface area (Å²) >= 11 is 0. The van der Waals surface area contributed by atoms with Crippen molar-refractivity contribution in [2.24, 2.45) is 0 Å². The number of amides is 1. The van der Waals surface area contributed by atoms with Crippen LogP contribution in [0.4, 0.5) is 0 Å². The molecule has 130 valence electrons. The zero-order valence-corrected chi connectivity index (χ0v) is 13.8. The topological polar surface area (TPSA) is 76.1 Å². The molecule has 0 aromatic heterocycles. The molecule has 0 bridgehead atoms. The summed E-state index contributed by atoms with van der Waals surface area (Å²) in [6, 6.07) is 13.6. The lowest BCUT2D eigenvalue weighted by atomic mass is 9.94. The molecule has 1 unspecified atom stereocenters. The van der Waals surface area contributed by atoms with Gasteiger partial charge in [0.2, 0.25) is 0 Å². The highest BCUT2D eigenvalue weighted by molar-refractivity contribution is 5.85. The maximum Gasteiger partial charge on any atom is 0.326 e. The minimum absolute atomic E-state index is 0.223. The second kappa shape index (κ2) is 7.25. The van der Waals surface area contributed by atoms with Crippen molar-refractivity contribution in [3.8, 4) is 11.5 Å². The van der Waals surface area contributed by atoms with Crippen molar-refractivity contribution in [1.29, 1.82) is 0 Å². The summed E-state index contributed by atoms with van der Waals surface area (Å²) in [5.41, 5.74) is 1.93. The fraction of sp³-hybridized carbons (Fsp3) is 0.263. The Bertz CT molecular complexity index is 789. The number of carboxylic acids is 1. The van der Waals surface area contributed by atoms with E-state index in [0.717, 1.165) is 11.1 Å². The number of methoxy groups -OCH3 is 1. The van der Waals surface area contributed by atoms with Crippen LogP contribution in [0.15, 0.2) is 48.5 Å². The van der Waals surface area contributed by atoms with Crippen molar-refractivity contribution in [2.75, 3.05) is 13.7 Å². The highest BCUT2D eigenvalue weighted by atomic mass is 16.5. The van der Waals surface area contributed by atoms with Gasteiger partial charge in [0.05, 0.1) is 7.11 Å². The number of ether oxygens (including phenoxy) is 2. The first-order chi connectivity index (χ1) is 12.1. The number of nitrogens with zero attached hydrogens (tertiary/aromatic N) is 1. The van der Waals surface area contributed by atoms with Crippen molar-refractivity contribution in [1.82, 2.24) is 4.90 Å². The third-order valence-corrected chi connectivity index (χ3v) is 4.26. The smallest absolute Gasteiger partial charge is 0.326 e. The lowest BCUT2D eigenvalue weighted by Gasteiger charge is -2.34. The van der Waals surface area contributed by atoms with Crippen molar-refractivity contribution in [3.63, 3.8) is 0 Å². The van der Waals surface area contributed by atoms with Gasteiger partial charge >= 0.3 is 5.97 Å². The second-order valence-electron chi connectivity index (χ2n) is 5.82. The third kappa shape index (κ3) is 3.74. The minimum Gasteiger partial charge on any atom is -0.497 e. The van der Waals surface area contributed by atoms with Crippen LogP contribution >= 0.6 is 0 Å². The molecule has 25 heavy (non-hydrogen) atoms. The van der Waals surface area contributed by atoms with E-state index in [2.05, 4.69) is 0 Å². The normalized spacial score (nSPS) is 16.0. The summed E-state index contributed by atoms with van der Waals surface area (Å²) in [4.78, 5) is 25.5. The van der Waals surface area contributed by atoms with Gasteiger partial charge in [0.1, 0.15) is 17.5 Å². The number of aliphatic carboxylic acids is 1. The molecular formula is C19H19NO5. The molecule has 1 amide bonds. The van der Waals surface area contributed by atoms with Crippen molar-refractivity contribution in [3.05, 3.63) is 59.7 Å². The predicted molar refractivity (Wildman–Crippen MR) is 90.6 cm³/mol. The molecule has 6 heteroatoms. The Morgan fingerprint density at radius 1 is 1.12 bits per heavy atom. The Morgan fingerprint density at radius 2 is 1.84 bits per heavy atom. The number of hydrogen-bond acceptors (Lipinski definition) is 4. The van der Waals surface area contributed by atoms with Crippen LogP contribution < -0.4 is 9.47 Å². The van der Waals surface area contributed by atoms with Crippen LogP contribution in [0.2, 0.25) is 0 Å². The van der Waals surface area contributed by atoms with Crippen molar-refractivity contribution >= 4 is 11.9 Å². The first kappa shape index (κ1) is 16.8. The summed E-state index contributed by atoms with van der Waals surface area (Å²) in [7, 11) is 1.55. The molecule has 0 saturated heterocycles. The van der Waals surface area contributed by atoms with Gasteiger partial charge in [-0.2, -0.15) is 0 Å². The Balaban J connectivity index is 1.72. The molecule has 0 radical (unpaired) electrons. The van der Waals surface area contributed by atoms with Crippen molar-refractivity contribution < 1.29 is 24.2 Å². The number of carbonyl (C=O) groups is 2. The van der Waals surface area contributed by atoms with Gasteiger partial charge in [0.15, 0.2) is 6.61 Å². The number of carboxylic acid groups (broad SMARTS) is 1. The van der Waals surface area contributed by atoms with Crippen LogP contribution in [-0.4, -0.2) is 41.6 Å². The van der Waals surface area contributed by atoms with Crippen molar-refractivity contribution in [2.45, 2.75) is 19.0 Å². The molecule has 6 nitrogen and oxygen atoms in total. The average Bonchev–Trinajstić information content (AvgIpc) is 2.65. The van der Waals surface area contributed by atoms with Crippen LogP contribution in [0.1, 0.15) is 11.1 Å². The summed E-state index contributed by atoms with van der Waals surface area (Å²) in [5, 5.41) is 9.49. The molecule has 1 aliphatic rings. The van der Waals surface area contributed by atoms with Gasteiger partial charge in [-0.15, -0.1) is 0 Å². The van der Waals surface area contributed by atoms with Crippen LogP contribution in [0.5, 0.6) is 11.5 Å². The standard InChI is InChI=1S/C19H19NO5/c1-24-15-7-4-8-16(10-15)25-12-18(21)20-11-14-6-3-2-5-13(14)9-17(20)19(22)23/h2-8,10,17H,9,11-12H2,1H3,(H,22,23). The van der Waals surface area contributed by atoms with Crippen LogP contribution in [0.3, 0.4) is 0 Å². The van der Waals surface area contributed by atoms with E-state index < -0.39 is 12.0 Å². The van der Waals surface area contributed by atoms with Gasteiger partial charge in [-0.1, -0.05) is 30.3 Å². The molecule has 3 rings (SSSR count). The molecule has 0 spiro atoms. The summed E-state index contributed by atoms with van der Waals surface area (Å²) < 4.78 is 10.6. The van der Waals surface area contributed by atoms with Gasteiger partial charge in [-0.05, 0) is 23.3 Å². The van der Waals surface area contributed by atoms with E-state index >= 15 is 0 Å². The molecule has 0 fully saturated rings. The van der Waals surface area contributed by atoms with Gasteiger partial charge in [-0.25, -0.2) is 4.79 Å². The highest BCUT2D eigenvalue weighted by Gasteiger charge is 2.34. The molecule has 0 saturated carbocycles. The third-order valence-electron chi connectivity index (χ3n) is 4.26. The number of carbonyl (C=O) groups excluding carboxylic acids is 1. The Morgan fingerprint density at radius 3 is 2.56 bits per heavy atom. The largest absolute Gasteiger partial charge is 0.497 e. The Labute approximate surface area is 145 Å². The van der Waals surface area contributed by atoms with Gasteiger partial charge in [0, 0.05) is 19.0 Å². The summed E-state index contributed by atoms with van der Waals surface area (Å²) in [6.07, 6.45) is 0.302. The van der Waals surface area contributed by atoms with E-state index in [0.29, 0.717) is 17.9 Å². The number of hydrogen-bond donors (Lipinski definition) is 1. The first-order valence-corrected chi connectivity index (χ1v) is 7.94. The zero-order chi connectivity index (χ0) is 17.8. The zero-order valence-electron chi connectivity index (χ0n) is 13.8. The minimum atomic E-state index is -1.01. The average molecular weight is 341 g/mol. The molecule has 2 aromatic rings. The van der Waals surface area contributed by atoms with Crippen LogP contribution in [0.25, 0.3) is 0 Å². The SMILES string of the molecule is COc1cccc(OCC(=O)N2Cc3ccccc3CC2C(=O)O)c1. The second-order valence-corrected chi connectivity index (χ2v) is 5.82. The van der Waals surface area contributed by atoms with Crippen LogP contribution in [0, 0.1) is 0 Å². The Kier molecular flexibility index (Phi) is 4.88. The number of fused-ring (bicyclic) bond motifs is 1. The monoisotopic (exact) mass is 341 g/mol. The fourth-order valence-corrected chi connectivity index (χ4v) is 2.92. The van der Waals surface area contributed by atoms with E-state index in [1.165, 1.54) is 4.90 Å². The van der Waals surface area contributed by atoms with E-state index in [-0.39, 0.29) is 19.1 Å². The summed E-state index contributed by atoms with van der Waals surface area (Å²) in [6.45, 7) is 0.0482. The lowest BCUT2D eigenvalue weighted by Crippen LogP contribution is -2.50. The van der Waals surface area contributed by atoms with Gasteiger partial charge < -0.3 is 19.5 Å². The first-order valence-electron chi connectivity index (χ1n) is 7.94. The maximum absolute atomic E-state index is 12.6. The number of rotatable bonds is 5. The van der Waals surface area contributed by atoms with Gasteiger partial charge in [0.25, 0.3) is 5.91 Å². The maximum atomic E-state index is 12.6.